The van der Waals surface area contributed by atoms with Crippen molar-refractivity contribution in [3.63, 3.8) is 0 Å². The summed E-state index contributed by atoms with van der Waals surface area (Å²) in [7, 11) is -3.17. The van der Waals surface area contributed by atoms with Gasteiger partial charge < -0.3 is 5.32 Å². The molecule has 0 aliphatic heterocycles. The molecule has 112 valence electrons. The number of hydrogen-bond acceptors (Lipinski definition) is 4. The number of hydrogen-bond donors (Lipinski definition) is 2. The molecule has 0 amide bonds. The van der Waals surface area contributed by atoms with Crippen LogP contribution in [0, 0.1) is 0 Å². The van der Waals surface area contributed by atoms with Crippen molar-refractivity contribution in [3.05, 3.63) is 0 Å². The normalized spacial score (nSPS) is 29.6. The zero-order valence-corrected chi connectivity index (χ0v) is 13.5. The summed E-state index contributed by atoms with van der Waals surface area (Å²) in [5.41, 5.74) is 0. The van der Waals surface area contributed by atoms with E-state index in [2.05, 4.69) is 17.0 Å². The molecule has 0 spiro atoms. The first-order valence-electron chi connectivity index (χ1n) is 7.37. The van der Waals surface area contributed by atoms with Gasteiger partial charge in [-0.3, -0.25) is 0 Å². The van der Waals surface area contributed by atoms with E-state index in [-0.39, 0.29) is 11.3 Å². The van der Waals surface area contributed by atoms with Crippen LogP contribution in [0.4, 0.5) is 0 Å². The summed E-state index contributed by atoms with van der Waals surface area (Å²) >= 11 is 1.95. The van der Waals surface area contributed by atoms with Crippen LogP contribution in [-0.2, 0) is 10.0 Å². The second-order valence-electron chi connectivity index (χ2n) is 5.74. The molecule has 0 aromatic heterocycles. The Morgan fingerprint density at radius 1 is 1.21 bits per heavy atom. The van der Waals surface area contributed by atoms with E-state index in [4.69, 9.17) is 0 Å². The zero-order chi connectivity index (χ0) is 13.9. The molecule has 2 rings (SSSR count). The summed E-state index contributed by atoms with van der Waals surface area (Å²) in [6, 6.07) is 0.715. The highest BCUT2D eigenvalue weighted by molar-refractivity contribution is 7.99. The molecule has 3 atom stereocenters. The topological polar surface area (TPSA) is 58.2 Å². The van der Waals surface area contributed by atoms with Crippen molar-refractivity contribution < 1.29 is 8.42 Å². The van der Waals surface area contributed by atoms with Crippen molar-refractivity contribution in [2.45, 2.75) is 68.5 Å². The number of sulfonamides is 1. The summed E-state index contributed by atoms with van der Waals surface area (Å²) in [5, 5.41) is 3.59. The van der Waals surface area contributed by atoms with Gasteiger partial charge in [-0.15, -0.1) is 0 Å². The van der Waals surface area contributed by atoms with Gasteiger partial charge in [-0.1, -0.05) is 6.92 Å². The Hall–Kier alpha value is 0.220. The molecule has 2 aliphatic carbocycles. The molecule has 0 bridgehead atoms. The van der Waals surface area contributed by atoms with Crippen LogP contribution in [0.25, 0.3) is 0 Å². The molecule has 0 aromatic carbocycles. The molecular weight excluding hydrogens is 280 g/mol. The monoisotopic (exact) mass is 306 g/mol. The van der Waals surface area contributed by atoms with E-state index >= 15 is 0 Å². The van der Waals surface area contributed by atoms with Crippen molar-refractivity contribution in [3.8, 4) is 0 Å². The molecular formula is C13H26N2O2S2. The van der Waals surface area contributed by atoms with E-state index in [1.54, 1.807) is 6.92 Å². The molecule has 3 unspecified atom stereocenters. The van der Waals surface area contributed by atoms with Crippen molar-refractivity contribution in [1.82, 2.24) is 10.0 Å². The molecule has 19 heavy (non-hydrogen) atoms. The molecule has 4 nitrogen and oxygen atoms in total. The Morgan fingerprint density at radius 3 is 2.53 bits per heavy atom. The lowest BCUT2D eigenvalue weighted by Crippen LogP contribution is -2.43. The van der Waals surface area contributed by atoms with E-state index in [1.165, 1.54) is 12.8 Å². The standard InChI is InChI=1S/C13H26N2O2S2/c1-3-18-13-7-6-12(8-13)15-19(16,17)10(2)9-14-11-4-5-11/h10-15H,3-9H2,1-2H3. The SMILES string of the molecule is CCSC1CCC(NS(=O)(=O)C(C)CNC2CC2)C1. The predicted molar refractivity (Wildman–Crippen MR) is 82.1 cm³/mol. The molecule has 0 radical (unpaired) electrons. The maximum atomic E-state index is 12.2. The summed E-state index contributed by atoms with van der Waals surface area (Å²) in [4.78, 5) is 0. The Labute approximate surface area is 121 Å². The number of rotatable bonds is 8. The van der Waals surface area contributed by atoms with Crippen LogP contribution in [0.15, 0.2) is 0 Å². The minimum atomic E-state index is -3.17. The fraction of sp³-hybridized carbons (Fsp3) is 1.00. The molecule has 0 aromatic rings. The van der Waals surface area contributed by atoms with Gasteiger partial charge in [-0.05, 0) is 44.8 Å². The largest absolute Gasteiger partial charge is 0.313 e. The maximum Gasteiger partial charge on any atom is 0.215 e. The first-order chi connectivity index (χ1) is 9.01. The summed E-state index contributed by atoms with van der Waals surface area (Å²) < 4.78 is 27.4. The highest BCUT2D eigenvalue weighted by atomic mass is 32.2. The van der Waals surface area contributed by atoms with Gasteiger partial charge >= 0.3 is 0 Å². The Morgan fingerprint density at radius 2 is 1.89 bits per heavy atom. The third-order valence-electron chi connectivity index (χ3n) is 3.92. The average Bonchev–Trinajstić information content (AvgIpc) is 3.08. The van der Waals surface area contributed by atoms with Gasteiger partial charge in [0.25, 0.3) is 0 Å². The summed E-state index contributed by atoms with van der Waals surface area (Å²) in [6.07, 6.45) is 5.50. The molecule has 2 saturated carbocycles. The van der Waals surface area contributed by atoms with Crippen LogP contribution in [0.5, 0.6) is 0 Å². The van der Waals surface area contributed by atoms with Gasteiger partial charge in [0, 0.05) is 23.9 Å². The minimum absolute atomic E-state index is 0.150. The lowest BCUT2D eigenvalue weighted by Gasteiger charge is -2.18. The molecule has 0 heterocycles. The fourth-order valence-corrected chi connectivity index (χ4v) is 4.88. The summed E-state index contributed by atoms with van der Waals surface area (Å²) in [6.45, 7) is 4.53. The molecule has 2 fully saturated rings. The van der Waals surface area contributed by atoms with E-state index in [0.717, 1.165) is 25.0 Å². The van der Waals surface area contributed by atoms with E-state index in [1.807, 2.05) is 11.8 Å². The van der Waals surface area contributed by atoms with E-state index in [0.29, 0.717) is 17.8 Å². The number of nitrogens with one attached hydrogen (secondary N) is 2. The first-order valence-corrected chi connectivity index (χ1v) is 9.97. The van der Waals surface area contributed by atoms with E-state index < -0.39 is 10.0 Å². The second-order valence-corrected chi connectivity index (χ2v) is 9.45. The lowest BCUT2D eigenvalue weighted by molar-refractivity contribution is 0.533. The van der Waals surface area contributed by atoms with Gasteiger partial charge in [0.2, 0.25) is 10.0 Å². The summed E-state index contributed by atoms with van der Waals surface area (Å²) in [5.74, 6) is 1.12. The van der Waals surface area contributed by atoms with Crippen LogP contribution in [0.1, 0.15) is 46.0 Å². The van der Waals surface area contributed by atoms with Gasteiger partial charge in [0.1, 0.15) is 0 Å². The van der Waals surface area contributed by atoms with Crippen LogP contribution in [-0.4, -0.2) is 43.3 Å². The number of thioether (sulfide) groups is 1. The maximum absolute atomic E-state index is 12.2. The second kappa shape index (κ2) is 6.78. The van der Waals surface area contributed by atoms with Gasteiger partial charge in [-0.25, -0.2) is 13.1 Å². The lowest BCUT2D eigenvalue weighted by atomic mass is 10.3. The smallest absolute Gasteiger partial charge is 0.215 e. The van der Waals surface area contributed by atoms with Crippen molar-refractivity contribution in [1.29, 1.82) is 0 Å². The Kier molecular flexibility index (Phi) is 5.57. The molecule has 0 saturated heterocycles. The predicted octanol–water partition coefficient (Wildman–Crippen LogP) is 1.72. The fourth-order valence-electron chi connectivity index (χ4n) is 2.51. The van der Waals surface area contributed by atoms with Crippen molar-refractivity contribution in [2.24, 2.45) is 0 Å². The third kappa shape index (κ3) is 4.92. The van der Waals surface area contributed by atoms with Crippen LogP contribution < -0.4 is 10.0 Å². The Bertz CT molecular complexity index is 382. The van der Waals surface area contributed by atoms with Gasteiger partial charge in [-0.2, -0.15) is 11.8 Å². The van der Waals surface area contributed by atoms with Gasteiger partial charge in [0.15, 0.2) is 0 Å². The molecule has 6 heteroatoms. The minimum Gasteiger partial charge on any atom is -0.313 e. The van der Waals surface area contributed by atoms with Gasteiger partial charge in [0.05, 0.1) is 5.25 Å². The molecule has 2 aliphatic rings. The quantitative estimate of drug-likeness (QED) is 0.717. The van der Waals surface area contributed by atoms with Crippen molar-refractivity contribution >= 4 is 21.8 Å². The highest BCUT2D eigenvalue weighted by Gasteiger charge is 2.31. The average molecular weight is 306 g/mol. The van der Waals surface area contributed by atoms with Crippen LogP contribution in [0.3, 0.4) is 0 Å². The molecule has 2 N–H and O–H groups in total. The first kappa shape index (κ1) is 15.6. The van der Waals surface area contributed by atoms with Crippen LogP contribution in [0.2, 0.25) is 0 Å². The zero-order valence-electron chi connectivity index (χ0n) is 11.9. The highest BCUT2D eigenvalue weighted by Crippen LogP contribution is 2.30. The Balaban J connectivity index is 1.76. The van der Waals surface area contributed by atoms with E-state index in [9.17, 15) is 8.42 Å². The third-order valence-corrected chi connectivity index (χ3v) is 7.04. The van der Waals surface area contributed by atoms with Crippen molar-refractivity contribution in [2.75, 3.05) is 12.3 Å². The van der Waals surface area contributed by atoms with Crippen LogP contribution >= 0.6 is 11.8 Å².